The third-order valence-corrected chi connectivity index (χ3v) is 4.09. The van der Waals surface area contributed by atoms with Gasteiger partial charge in [0.15, 0.2) is 0 Å². The molecule has 126 valence electrons. The summed E-state index contributed by atoms with van der Waals surface area (Å²) in [7, 11) is 0. The van der Waals surface area contributed by atoms with Gasteiger partial charge in [0.05, 0.1) is 0 Å². The summed E-state index contributed by atoms with van der Waals surface area (Å²) in [6.07, 6.45) is 2.96. The molecule has 1 aromatic rings. The van der Waals surface area contributed by atoms with Crippen molar-refractivity contribution < 1.29 is 14.3 Å². The average molecular weight is 318 g/mol. The van der Waals surface area contributed by atoms with Crippen molar-refractivity contribution >= 4 is 17.5 Å². The molecule has 1 atom stereocenters. The number of amides is 2. The van der Waals surface area contributed by atoms with Crippen LogP contribution in [0, 0.1) is 0 Å². The molecule has 0 spiro atoms. The highest BCUT2D eigenvalue weighted by Crippen LogP contribution is 2.28. The molecule has 0 fully saturated rings. The summed E-state index contributed by atoms with van der Waals surface area (Å²) in [5.41, 5.74) is 2.00. The summed E-state index contributed by atoms with van der Waals surface area (Å²) in [6, 6.07) is 7.35. The minimum atomic E-state index is -0.506. The van der Waals surface area contributed by atoms with E-state index >= 15 is 0 Å². The molecule has 1 aliphatic rings. The maximum Gasteiger partial charge on any atom is 0.242 e. The van der Waals surface area contributed by atoms with Crippen LogP contribution in [0.25, 0.3) is 0 Å². The first-order valence-electron chi connectivity index (χ1n) is 8.40. The summed E-state index contributed by atoms with van der Waals surface area (Å²) in [6.45, 7) is 5.62. The fourth-order valence-electron chi connectivity index (χ4n) is 2.86. The predicted molar refractivity (Wildman–Crippen MR) is 90.4 cm³/mol. The van der Waals surface area contributed by atoms with E-state index in [1.54, 1.807) is 11.8 Å². The number of anilines is 1. The number of benzene rings is 1. The lowest BCUT2D eigenvalue weighted by molar-refractivity contribution is -0.126. The molecule has 1 heterocycles. The standard InChI is InChI=1S/C18H26N2O3/c1-3-23-13-7-12-19-18(22)14(2)20-16-10-5-4-8-15(16)9-6-11-17(20)21/h4-5,8,10,14H,3,6-7,9,11-13H2,1-2H3,(H,19,22). The van der Waals surface area contributed by atoms with Crippen molar-refractivity contribution in [2.75, 3.05) is 24.7 Å². The molecule has 1 N–H and O–H groups in total. The zero-order valence-corrected chi connectivity index (χ0v) is 14.0. The summed E-state index contributed by atoms with van der Waals surface area (Å²) in [5.74, 6) is -0.0986. The molecular weight excluding hydrogens is 292 g/mol. The van der Waals surface area contributed by atoms with Gasteiger partial charge in [0, 0.05) is 31.9 Å². The van der Waals surface area contributed by atoms with Gasteiger partial charge in [-0.25, -0.2) is 0 Å². The molecular formula is C18H26N2O3. The number of nitrogens with zero attached hydrogens (tertiary/aromatic N) is 1. The summed E-state index contributed by atoms with van der Waals surface area (Å²) in [5, 5.41) is 2.90. The lowest BCUT2D eigenvalue weighted by Gasteiger charge is -2.28. The molecule has 0 bridgehead atoms. The summed E-state index contributed by atoms with van der Waals surface area (Å²) >= 11 is 0. The first-order chi connectivity index (χ1) is 11.1. The van der Waals surface area contributed by atoms with Gasteiger partial charge >= 0.3 is 0 Å². The first kappa shape index (κ1) is 17.5. The van der Waals surface area contributed by atoms with Crippen LogP contribution in [0.5, 0.6) is 0 Å². The van der Waals surface area contributed by atoms with E-state index in [4.69, 9.17) is 4.74 Å². The number of carbonyl (C=O) groups excluding carboxylic acids is 2. The van der Waals surface area contributed by atoms with Gasteiger partial charge in [-0.05, 0) is 44.7 Å². The molecule has 5 nitrogen and oxygen atoms in total. The SMILES string of the molecule is CCOCCCNC(=O)C(C)N1C(=O)CCCc2ccccc21. The quantitative estimate of drug-likeness (QED) is 0.785. The molecule has 0 radical (unpaired) electrons. The van der Waals surface area contributed by atoms with Crippen molar-refractivity contribution in [2.45, 2.75) is 45.6 Å². The van der Waals surface area contributed by atoms with E-state index in [0.29, 0.717) is 26.2 Å². The topological polar surface area (TPSA) is 58.6 Å². The van der Waals surface area contributed by atoms with Gasteiger partial charge < -0.3 is 10.1 Å². The van der Waals surface area contributed by atoms with E-state index < -0.39 is 6.04 Å². The van der Waals surface area contributed by atoms with Crippen molar-refractivity contribution in [1.82, 2.24) is 5.32 Å². The van der Waals surface area contributed by atoms with Gasteiger partial charge in [-0.2, -0.15) is 0 Å². The Morgan fingerprint density at radius 2 is 2.13 bits per heavy atom. The van der Waals surface area contributed by atoms with Crippen LogP contribution in [0.3, 0.4) is 0 Å². The van der Waals surface area contributed by atoms with Crippen LogP contribution in [-0.4, -0.2) is 37.6 Å². The number of carbonyl (C=O) groups is 2. The van der Waals surface area contributed by atoms with Gasteiger partial charge in [-0.3, -0.25) is 14.5 Å². The van der Waals surface area contributed by atoms with Crippen molar-refractivity contribution in [1.29, 1.82) is 0 Å². The number of fused-ring (bicyclic) bond motifs is 1. The normalized spacial score (nSPS) is 15.7. The van der Waals surface area contributed by atoms with Crippen molar-refractivity contribution in [3.8, 4) is 0 Å². The summed E-state index contributed by atoms with van der Waals surface area (Å²) < 4.78 is 5.26. The third-order valence-electron chi connectivity index (χ3n) is 4.09. The number of ether oxygens (including phenoxy) is 1. The van der Waals surface area contributed by atoms with Crippen LogP contribution < -0.4 is 10.2 Å². The number of rotatable bonds is 7. The van der Waals surface area contributed by atoms with Gasteiger partial charge in [-0.15, -0.1) is 0 Å². The van der Waals surface area contributed by atoms with Crippen molar-refractivity contribution in [2.24, 2.45) is 0 Å². The zero-order valence-electron chi connectivity index (χ0n) is 14.0. The molecule has 1 aliphatic heterocycles. The number of aryl methyl sites for hydroxylation is 1. The molecule has 0 aromatic heterocycles. The Morgan fingerprint density at radius 1 is 1.35 bits per heavy atom. The first-order valence-corrected chi connectivity index (χ1v) is 8.40. The maximum absolute atomic E-state index is 12.5. The fourth-order valence-corrected chi connectivity index (χ4v) is 2.86. The Balaban J connectivity index is 2.03. The molecule has 0 saturated heterocycles. The van der Waals surface area contributed by atoms with Crippen LogP contribution in [0.15, 0.2) is 24.3 Å². The Kier molecular flexibility index (Phi) is 6.59. The highest BCUT2D eigenvalue weighted by atomic mass is 16.5. The molecule has 23 heavy (non-hydrogen) atoms. The minimum absolute atomic E-state index is 0.0203. The lowest BCUT2D eigenvalue weighted by atomic mass is 10.1. The number of para-hydroxylation sites is 1. The molecule has 2 amide bonds. The number of hydrogen-bond acceptors (Lipinski definition) is 3. The predicted octanol–water partition coefficient (Wildman–Crippen LogP) is 2.29. The van der Waals surface area contributed by atoms with Crippen LogP contribution in [0.4, 0.5) is 5.69 Å². The zero-order chi connectivity index (χ0) is 16.7. The van der Waals surface area contributed by atoms with E-state index in [0.717, 1.165) is 30.5 Å². The molecule has 0 aliphatic carbocycles. The number of hydrogen-bond donors (Lipinski definition) is 1. The Bertz CT molecular complexity index is 545. The second kappa shape index (κ2) is 8.67. The molecule has 1 aromatic carbocycles. The Morgan fingerprint density at radius 3 is 2.91 bits per heavy atom. The van der Waals surface area contributed by atoms with Crippen LogP contribution in [-0.2, 0) is 20.7 Å². The smallest absolute Gasteiger partial charge is 0.242 e. The largest absolute Gasteiger partial charge is 0.382 e. The summed E-state index contributed by atoms with van der Waals surface area (Å²) in [4.78, 5) is 26.5. The van der Waals surface area contributed by atoms with Crippen molar-refractivity contribution in [3.05, 3.63) is 29.8 Å². The maximum atomic E-state index is 12.5. The van der Waals surface area contributed by atoms with Gasteiger partial charge in [0.1, 0.15) is 6.04 Å². The van der Waals surface area contributed by atoms with E-state index in [-0.39, 0.29) is 11.8 Å². The van der Waals surface area contributed by atoms with Crippen LogP contribution >= 0.6 is 0 Å². The highest BCUT2D eigenvalue weighted by molar-refractivity contribution is 6.01. The molecule has 2 rings (SSSR count). The van der Waals surface area contributed by atoms with E-state index in [2.05, 4.69) is 5.32 Å². The second-order valence-corrected chi connectivity index (χ2v) is 5.76. The number of nitrogens with one attached hydrogen (secondary N) is 1. The van der Waals surface area contributed by atoms with E-state index in [1.165, 1.54) is 0 Å². The van der Waals surface area contributed by atoms with Gasteiger partial charge in [0.2, 0.25) is 11.8 Å². The third kappa shape index (κ3) is 4.55. The molecule has 1 unspecified atom stereocenters. The Labute approximate surface area is 138 Å². The lowest BCUT2D eigenvalue weighted by Crippen LogP contribution is -2.48. The van der Waals surface area contributed by atoms with Crippen LogP contribution in [0.2, 0.25) is 0 Å². The van der Waals surface area contributed by atoms with Crippen LogP contribution in [0.1, 0.15) is 38.7 Å². The fraction of sp³-hybridized carbons (Fsp3) is 0.556. The van der Waals surface area contributed by atoms with Gasteiger partial charge in [-0.1, -0.05) is 18.2 Å². The Hall–Kier alpha value is -1.88. The molecule has 5 heteroatoms. The highest BCUT2D eigenvalue weighted by Gasteiger charge is 2.30. The monoisotopic (exact) mass is 318 g/mol. The average Bonchev–Trinajstić information content (AvgIpc) is 2.72. The van der Waals surface area contributed by atoms with Crippen molar-refractivity contribution in [3.63, 3.8) is 0 Å². The van der Waals surface area contributed by atoms with E-state index in [9.17, 15) is 9.59 Å². The second-order valence-electron chi connectivity index (χ2n) is 5.76. The molecule has 0 saturated carbocycles. The van der Waals surface area contributed by atoms with Gasteiger partial charge in [0.25, 0.3) is 0 Å². The van der Waals surface area contributed by atoms with E-state index in [1.807, 2.05) is 31.2 Å². The minimum Gasteiger partial charge on any atom is -0.382 e.